The molecule has 1 N–H and O–H groups in total. The third-order valence-electron chi connectivity index (χ3n) is 3.20. The van der Waals surface area contributed by atoms with Crippen molar-refractivity contribution in [2.24, 2.45) is 0 Å². The second kappa shape index (κ2) is 6.26. The minimum Gasteiger partial charge on any atom is -0.479 e. The molecule has 1 saturated heterocycles. The van der Waals surface area contributed by atoms with E-state index in [9.17, 15) is 9.90 Å². The Hall–Kier alpha value is -1.26. The second-order valence-corrected chi connectivity index (χ2v) is 5.18. The average molecular weight is 284 g/mol. The van der Waals surface area contributed by atoms with Crippen molar-refractivity contribution in [3.05, 3.63) is 29.3 Å². The number of hydrogen-bond donors (Lipinski definition) is 1. The van der Waals surface area contributed by atoms with Gasteiger partial charge in [0.05, 0.1) is 11.1 Å². The van der Waals surface area contributed by atoms with Crippen LogP contribution in [0, 0.1) is 0 Å². The monoisotopic (exact) mass is 283 g/mol. The molecule has 0 aliphatic carbocycles. The number of carbonyl (C=O) groups is 1. The van der Waals surface area contributed by atoms with E-state index in [1.165, 1.54) is 0 Å². The molecule has 0 radical (unpaired) electrons. The first-order valence-corrected chi connectivity index (χ1v) is 6.84. The molecule has 5 heteroatoms. The third kappa shape index (κ3) is 3.61. The fraction of sp³-hybridized carbons (Fsp3) is 0.500. The van der Waals surface area contributed by atoms with Gasteiger partial charge in [0.2, 0.25) is 0 Å². The summed E-state index contributed by atoms with van der Waals surface area (Å²) in [7, 11) is 0. The van der Waals surface area contributed by atoms with Crippen molar-refractivity contribution < 1.29 is 14.6 Å². The zero-order chi connectivity index (χ0) is 13.8. The van der Waals surface area contributed by atoms with Crippen molar-refractivity contribution in [2.75, 3.05) is 13.1 Å². The number of carbonyl (C=O) groups excluding carboxylic acids is 1. The van der Waals surface area contributed by atoms with E-state index in [4.69, 9.17) is 16.3 Å². The van der Waals surface area contributed by atoms with E-state index in [0.29, 0.717) is 23.9 Å². The number of piperidine rings is 1. The highest BCUT2D eigenvalue weighted by Gasteiger charge is 2.27. The molecule has 2 atom stereocenters. The molecule has 19 heavy (non-hydrogen) atoms. The minimum absolute atomic E-state index is 0.112. The number of likely N-dealkylation sites (tertiary alicyclic amines) is 1. The van der Waals surface area contributed by atoms with Gasteiger partial charge in [0, 0.05) is 13.1 Å². The first kappa shape index (κ1) is 14.2. The van der Waals surface area contributed by atoms with E-state index in [0.717, 1.165) is 12.8 Å². The predicted octanol–water partition coefficient (Wildman–Crippen LogP) is 2.09. The lowest BCUT2D eigenvalue weighted by Gasteiger charge is -2.32. The number of hydrogen-bond acceptors (Lipinski definition) is 3. The van der Waals surface area contributed by atoms with Crippen LogP contribution in [0.1, 0.15) is 19.8 Å². The zero-order valence-corrected chi connectivity index (χ0v) is 11.6. The SMILES string of the molecule is CC(Oc1ccccc1Cl)C(=O)N1CCCC(O)C1. The zero-order valence-electron chi connectivity index (χ0n) is 10.9. The van der Waals surface area contributed by atoms with E-state index in [1.54, 1.807) is 24.0 Å². The van der Waals surface area contributed by atoms with E-state index in [2.05, 4.69) is 0 Å². The Morgan fingerprint density at radius 2 is 2.26 bits per heavy atom. The lowest BCUT2D eigenvalue weighted by atomic mass is 10.1. The van der Waals surface area contributed by atoms with Crippen LogP contribution in [0.5, 0.6) is 5.75 Å². The van der Waals surface area contributed by atoms with Crippen LogP contribution in [0.4, 0.5) is 0 Å². The van der Waals surface area contributed by atoms with Gasteiger partial charge in [-0.15, -0.1) is 0 Å². The molecular weight excluding hydrogens is 266 g/mol. The van der Waals surface area contributed by atoms with Gasteiger partial charge in [0.25, 0.3) is 5.91 Å². The topological polar surface area (TPSA) is 49.8 Å². The van der Waals surface area contributed by atoms with Crippen LogP contribution < -0.4 is 4.74 Å². The summed E-state index contributed by atoms with van der Waals surface area (Å²) in [6.07, 6.45) is 0.547. The van der Waals surface area contributed by atoms with E-state index in [-0.39, 0.29) is 5.91 Å². The van der Waals surface area contributed by atoms with Gasteiger partial charge in [-0.2, -0.15) is 0 Å². The summed E-state index contributed by atoms with van der Waals surface area (Å²) in [5.41, 5.74) is 0. The molecule has 4 nitrogen and oxygen atoms in total. The summed E-state index contributed by atoms with van der Waals surface area (Å²) in [6.45, 7) is 2.76. The van der Waals surface area contributed by atoms with Gasteiger partial charge in [0.1, 0.15) is 5.75 Å². The maximum atomic E-state index is 12.2. The first-order valence-electron chi connectivity index (χ1n) is 6.46. The van der Waals surface area contributed by atoms with Crippen molar-refractivity contribution >= 4 is 17.5 Å². The summed E-state index contributed by atoms with van der Waals surface area (Å²) in [6, 6.07) is 7.07. The van der Waals surface area contributed by atoms with E-state index >= 15 is 0 Å². The number of ether oxygens (including phenoxy) is 1. The molecule has 1 amide bonds. The highest BCUT2D eigenvalue weighted by Crippen LogP contribution is 2.24. The molecule has 1 fully saturated rings. The number of rotatable bonds is 3. The molecule has 104 valence electrons. The maximum Gasteiger partial charge on any atom is 0.263 e. The Morgan fingerprint density at radius 3 is 2.95 bits per heavy atom. The normalized spacial score (nSPS) is 21.0. The van der Waals surface area contributed by atoms with Crippen molar-refractivity contribution in [1.82, 2.24) is 4.90 Å². The third-order valence-corrected chi connectivity index (χ3v) is 3.51. The fourth-order valence-electron chi connectivity index (χ4n) is 2.19. The molecule has 1 aromatic rings. The van der Waals surface area contributed by atoms with Crippen LogP contribution in [0.2, 0.25) is 5.02 Å². The number of benzene rings is 1. The van der Waals surface area contributed by atoms with Crippen LogP contribution >= 0.6 is 11.6 Å². The predicted molar refractivity (Wildman–Crippen MR) is 73.4 cm³/mol. The number of halogens is 1. The van der Waals surface area contributed by atoms with Crippen LogP contribution in [0.3, 0.4) is 0 Å². The second-order valence-electron chi connectivity index (χ2n) is 4.77. The molecule has 1 heterocycles. The summed E-state index contributed by atoms with van der Waals surface area (Å²) < 4.78 is 5.59. The molecule has 1 aliphatic rings. The minimum atomic E-state index is -0.606. The number of amides is 1. The molecule has 2 rings (SSSR count). The molecule has 2 unspecified atom stereocenters. The van der Waals surface area contributed by atoms with Crippen LogP contribution in [-0.4, -0.2) is 41.2 Å². The van der Waals surface area contributed by atoms with Gasteiger partial charge in [-0.05, 0) is 31.9 Å². The molecule has 0 saturated carbocycles. The molecule has 1 aliphatic heterocycles. The van der Waals surface area contributed by atoms with Gasteiger partial charge >= 0.3 is 0 Å². The molecule has 0 bridgehead atoms. The Labute approximate surface area is 117 Å². The first-order chi connectivity index (χ1) is 9.08. The van der Waals surface area contributed by atoms with Gasteiger partial charge in [-0.3, -0.25) is 4.79 Å². The Morgan fingerprint density at radius 1 is 1.53 bits per heavy atom. The standard InChI is InChI=1S/C14H18ClNO3/c1-10(19-13-7-3-2-6-12(13)15)14(18)16-8-4-5-11(17)9-16/h2-3,6-7,10-11,17H,4-5,8-9H2,1H3. The number of aliphatic hydroxyl groups is 1. The Bertz CT molecular complexity index is 452. The van der Waals surface area contributed by atoms with Crippen LogP contribution in [0.25, 0.3) is 0 Å². The van der Waals surface area contributed by atoms with Gasteiger partial charge in [-0.1, -0.05) is 23.7 Å². The summed E-state index contributed by atoms with van der Waals surface area (Å²) in [5, 5.41) is 10.1. The fourth-order valence-corrected chi connectivity index (χ4v) is 2.37. The lowest BCUT2D eigenvalue weighted by Crippen LogP contribution is -2.47. The van der Waals surface area contributed by atoms with Crippen molar-refractivity contribution in [3.8, 4) is 5.75 Å². The lowest BCUT2D eigenvalue weighted by molar-refractivity contribution is -0.141. The van der Waals surface area contributed by atoms with Crippen molar-refractivity contribution in [3.63, 3.8) is 0 Å². The number of aliphatic hydroxyl groups excluding tert-OH is 1. The maximum absolute atomic E-state index is 12.2. The number of para-hydroxylation sites is 1. The van der Waals surface area contributed by atoms with Crippen molar-refractivity contribution in [2.45, 2.75) is 32.0 Å². The number of β-amino-alcohol motifs (C(OH)–C–C–N with tert-alkyl or cyclic N) is 1. The van der Waals surface area contributed by atoms with E-state index in [1.807, 2.05) is 12.1 Å². The highest BCUT2D eigenvalue weighted by atomic mass is 35.5. The summed E-state index contributed by atoms with van der Waals surface area (Å²) in [4.78, 5) is 13.9. The summed E-state index contributed by atoms with van der Waals surface area (Å²) >= 11 is 5.99. The van der Waals surface area contributed by atoms with E-state index < -0.39 is 12.2 Å². The largest absolute Gasteiger partial charge is 0.479 e. The molecule has 0 spiro atoms. The Balaban J connectivity index is 1.97. The Kier molecular flexibility index (Phi) is 4.66. The molecule has 1 aromatic carbocycles. The smallest absolute Gasteiger partial charge is 0.263 e. The summed E-state index contributed by atoms with van der Waals surface area (Å²) in [5.74, 6) is 0.390. The molecule has 0 aromatic heterocycles. The van der Waals surface area contributed by atoms with Crippen LogP contribution in [0.15, 0.2) is 24.3 Å². The van der Waals surface area contributed by atoms with Crippen molar-refractivity contribution in [1.29, 1.82) is 0 Å². The van der Waals surface area contributed by atoms with Crippen LogP contribution in [-0.2, 0) is 4.79 Å². The van der Waals surface area contributed by atoms with Gasteiger partial charge in [0.15, 0.2) is 6.10 Å². The number of nitrogens with zero attached hydrogens (tertiary/aromatic N) is 1. The molecular formula is C14H18ClNO3. The average Bonchev–Trinajstić information content (AvgIpc) is 2.40. The van der Waals surface area contributed by atoms with Gasteiger partial charge in [-0.25, -0.2) is 0 Å². The highest BCUT2D eigenvalue weighted by molar-refractivity contribution is 6.32. The van der Waals surface area contributed by atoms with Gasteiger partial charge < -0.3 is 14.7 Å². The quantitative estimate of drug-likeness (QED) is 0.924.